The van der Waals surface area contributed by atoms with Gasteiger partial charge in [0.05, 0.1) is 12.1 Å². The van der Waals surface area contributed by atoms with Gasteiger partial charge < -0.3 is 14.8 Å². The van der Waals surface area contributed by atoms with Crippen LogP contribution in [0.3, 0.4) is 0 Å². The molecule has 0 spiro atoms. The van der Waals surface area contributed by atoms with Crippen molar-refractivity contribution < 1.29 is 18.7 Å². The Morgan fingerprint density at radius 2 is 2.08 bits per heavy atom. The molecule has 0 radical (unpaired) electrons. The van der Waals surface area contributed by atoms with Crippen LogP contribution in [0.25, 0.3) is 0 Å². The highest BCUT2D eigenvalue weighted by atomic mass is 19.1. The molecule has 1 N–H and O–H groups in total. The Kier molecular flexibility index (Phi) is 5.50. The molecule has 2 rings (SSSR count). The predicted octanol–water partition coefficient (Wildman–Crippen LogP) is 2.45. The van der Waals surface area contributed by atoms with Crippen molar-refractivity contribution in [2.45, 2.75) is 26.3 Å². The van der Waals surface area contributed by atoms with Gasteiger partial charge in [-0.1, -0.05) is 0 Å². The summed E-state index contributed by atoms with van der Waals surface area (Å²) < 4.78 is 25.6. The highest BCUT2D eigenvalue weighted by Gasteiger charge is 2.18. The Morgan fingerprint density at radius 3 is 2.67 bits per heavy atom. The van der Waals surface area contributed by atoms with Gasteiger partial charge in [0.2, 0.25) is 5.82 Å². The van der Waals surface area contributed by atoms with Crippen molar-refractivity contribution in [3.05, 3.63) is 36.2 Å². The quantitative estimate of drug-likeness (QED) is 0.820. The standard InChI is InChI=1S/C16H21FN4O3/c1-16(2,3)21-10-18-14(20-21)15(22)19-11-5-6-13(12(17)9-11)24-8-7-23-4/h5-6,9-10H,7-8H2,1-4H3,(H,19,22). The van der Waals surface area contributed by atoms with Gasteiger partial charge in [-0.3, -0.25) is 4.79 Å². The fraction of sp³-hybridized carbons (Fsp3) is 0.438. The van der Waals surface area contributed by atoms with Crippen LogP contribution in [0.5, 0.6) is 5.75 Å². The number of anilines is 1. The van der Waals surface area contributed by atoms with E-state index >= 15 is 0 Å². The molecule has 24 heavy (non-hydrogen) atoms. The average molecular weight is 336 g/mol. The molecule has 0 saturated heterocycles. The molecular formula is C16H21FN4O3. The maximum atomic E-state index is 13.9. The van der Waals surface area contributed by atoms with Gasteiger partial charge in [0.25, 0.3) is 5.91 Å². The van der Waals surface area contributed by atoms with E-state index in [1.165, 1.54) is 25.6 Å². The van der Waals surface area contributed by atoms with Gasteiger partial charge in [-0.25, -0.2) is 14.1 Å². The number of ether oxygens (including phenoxy) is 2. The second kappa shape index (κ2) is 7.39. The SMILES string of the molecule is COCCOc1ccc(NC(=O)c2ncn(C(C)(C)C)n2)cc1F. The van der Waals surface area contributed by atoms with Crippen molar-refractivity contribution in [1.82, 2.24) is 14.8 Å². The zero-order valence-electron chi connectivity index (χ0n) is 14.2. The number of carbonyl (C=O) groups excluding carboxylic acids is 1. The molecule has 130 valence electrons. The number of amides is 1. The first-order valence-electron chi connectivity index (χ1n) is 7.46. The third-order valence-corrected chi connectivity index (χ3v) is 3.12. The molecule has 0 bridgehead atoms. The van der Waals surface area contributed by atoms with Crippen LogP contribution < -0.4 is 10.1 Å². The molecule has 0 atom stereocenters. The van der Waals surface area contributed by atoms with E-state index in [4.69, 9.17) is 9.47 Å². The summed E-state index contributed by atoms with van der Waals surface area (Å²) in [5, 5.41) is 6.69. The van der Waals surface area contributed by atoms with Crippen molar-refractivity contribution in [2.24, 2.45) is 0 Å². The van der Waals surface area contributed by atoms with Crippen molar-refractivity contribution in [2.75, 3.05) is 25.6 Å². The van der Waals surface area contributed by atoms with Crippen LogP contribution in [0.15, 0.2) is 24.5 Å². The first-order chi connectivity index (χ1) is 11.3. The summed E-state index contributed by atoms with van der Waals surface area (Å²) in [6, 6.07) is 4.17. The van der Waals surface area contributed by atoms with E-state index in [0.717, 1.165) is 0 Å². The number of aromatic nitrogens is 3. The molecule has 1 aromatic carbocycles. The molecule has 0 aliphatic heterocycles. The summed E-state index contributed by atoms with van der Waals surface area (Å²) >= 11 is 0. The van der Waals surface area contributed by atoms with E-state index in [2.05, 4.69) is 15.4 Å². The largest absolute Gasteiger partial charge is 0.488 e. The van der Waals surface area contributed by atoms with E-state index in [0.29, 0.717) is 12.3 Å². The third kappa shape index (κ3) is 4.51. The van der Waals surface area contributed by atoms with Crippen LogP contribution in [0.1, 0.15) is 31.4 Å². The molecule has 0 aliphatic rings. The van der Waals surface area contributed by atoms with Gasteiger partial charge in [0.15, 0.2) is 11.6 Å². The molecular weight excluding hydrogens is 315 g/mol. The van der Waals surface area contributed by atoms with E-state index in [1.807, 2.05) is 20.8 Å². The fourth-order valence-corrected chi connectivity index (χ4v) is 1.81. The Labute approximate surface area is 139 Å². The molecule has 2 aromatic rings. The molecule has 1 amide bonds. The third-order valence-electron chi connectivity index (χ3n) is 3.12. The van der Waals surface area contributed by atoms with Gasteiger partial charge in [-0.05, 0) is 32.9 Å². The molecule has 0 aliphatic carbocycles. The van der Waals surface area contributed by atoms with Crippen LogP contribution in [0.4, 0.5) is 10.1 Å². The summed E-state index contributed by atoms with van der Waals surface area (Å²) in [4.78, 5) is 16.1. The minimum atomic E-state index is -0.572. The topological polar surface area (TPSA) is 78.3 Å². The number of rotatable bonds is 6. The smallest absolute Gasteiger partial charge is 0.295 e. The minimum Gasteiger partial charge on any atom is -0.488 e. The summed E-state index contributed by atoms with van der Waals surface area (Å²) in [7, 11) is 1.54. The minimum absolute atomic E-state index is 0.0192. The van der Waals surface area contributed by atoms with Crippen LogP contribution in [0.2, 0.25) is 0 Å². The van der Waals surface area contributed by atoms with E-state index in [1.54, 1.807) is 10.7 Å². The molecule has 8 heteroatoms. The lowest BCUT2D eigenvalue weighted by molar-refractivity contribution is 0.101. The first kappa shape index (κ1) is 17.9. The maximum Gasteiger partial charge on any atom is 0.295 e. The number of carbonyl (C=O) groups is 1. The van der Waals surface area contributed by atoms with Crippen LogP contribution >= 0.6 is 0 Å². The van der Waals surface area contributed by atoms with Crippen LogP contribution in [-0.4, -0.2) is 41.0 Å². The summed E-state index contributed by atoms with van der Waals surface area (Å²) in [6.45, 7) is 6.44. The maximum absolute atomic E-state index is 13.9. The number of nitrogens with zero attached hydrogens (tertiary/aromatic N) is 3. The molecule has 0 unspecified atom stereocenters. The normalized spacial score (nSPS) is 11.4. The summed E-state index contributed by atoms with van der Waals surface area (Å²) in [5.74, 6) is -0.964. The lowest BCUT2D eigenvalue weighted by Crippen LogP contribution is -2.23. The van der Waals surface area contributed by atoms with Crippen LogP contribution in [0, 0.1) is 5.82 Å². The number of methoxy groups -OCH3 is 1. The second-order valence-electron chi connectivity index (χ2n) is 6.12. The number of hydrogen-bond donors (Lipinski definition) is 1. The van der Waals surface area contributed by atoms with Gasteiger partial charge in [-0.2, -0.15) is 0 Å². The van der Waals surface area contributed by atoms with E-state index in [9.17, 15) is 9.18 Å². The lowest BCUT2D eigenvalue weighted by atomic mass is 10.1. The molecule has 1 heterocycles. The van der Waals surface area contributed by atoms with Crippen molar-refractivity contribution in [3.63, 3.8) is 0 Å². The molecule has 0 fully saturated rings. The van der Waals surface area contributed by atoms with Gasteiger partial charge in [0.1, 0.15) is 12.9 Å². The zero-order chi connectivity index (χ0) is 17.7. The van der Waals surface area contributed by atoms with Crippen molar-refractivity contribution in [3.8, 4) is 5.75 Å². The fourth-order valence-electron chi connectivity index (χ4n) is 1.81. The first-order valence-corrected chi connectivity index (χ1v) is 7.46. The number of nitrogens with one attached hydrogen (secondary N) is 1. The highest BCUT2D eigenvalue weighted by molar-refractivity contribution is 6.01. The summed E-state index contributed by atoms with van der Waals surface area (Å²) in [6.07, 6.45) is 1.49. The molecule has 7 nitrogen and oxygen atoms in total. The highest BCUT2D eigenvalue weighted by Crippen LogP contribution is 2.21. The monoisotopic (exact) mass is 336 g/mol. The van der Waals surface area contributed by atoms with Crippen LogP contribution in [-0.2, 0) is 10.3 Å². The summed E-state index contributed by atoms with van der Waals surface area (Å²) in [5.41, 5.74) is 0.0162. The predicted molar refractivity (Wildman–Crippen MR) is 86.7 cm³/mol. The van der Waals surface area contributed by atoms with Gasteiger partial charge >= 0.3 is 0 Å². The Bertz CT molecular complexity index is 710. The van der Waals surface area contributed by atoms with E-state index < -0.39 is 11.7 Å². The van der Waals surface area contributed by atoms with Crippen molar-refractivity contribution in [1.29, 1.82) is 0 Å². The zero-order valence-corrected chi connectivity index (χ0v) is 14.2. The molecule has 0 saturated carbocycles. The average Bonchev–Trinajstić information content (AvgIpc) is 3.00. The Balaban J connectivity index is 2.04. The van der Waals surface area contributed by atoms with Crippen molar-refractivity contribution >= 4 is 11.6 Å². The Morgan fingerprint density at radius 1 is 1.33 bits per heavy atom. The lowest BCUT2D eigenvalue weighted by Gasteiger charge is -2.17. The number of halogens is 1. The van der Waals surface area contributed by atoms with E-state index in [-0.39, 0.29) is 23.7 Å². The number of benzene rings is 1. The van der Waals surface area contributed by atoms with Gasteiger partial charge in [-0.15, -0.1) is 5.10 Å². The Hall–Kier alpha value is -2.48. The van der Waals surface area contributed by atoms with Gasteiger partial charge in [0, 0.05) is 18.9 Å². The second-order valence-corrected chi connectivity index (χ2v) is 6.12. The molecule has 1 aromatic heterocycles. The number of hydrogen-bond acceptors (Lipinski definition) is 5.